The first-order chi connectivity index (χ1) is 14.7. The van der Waals surface area contributed by atoms with Crippen LogP contribution >= 0.6 is 0 Å². The molecular formula is C22H23N5O4. The Bertz CT molecular complexity index is 1130. The maximum atomic E-state index is 12.8. The lowest BCUT2D eigenvalue weighted by molar-refractivity contribution is -0.384. The minimum Gasteiger partial charge on any atom is -0.444 e. The smallest absolute Gasteiger partial charge is 0.410 e. The first-order valence-electron chi connectivity index (χ1n) is 9.98. The van der Waals surface area contributed by atoms with Gasteiger partial charge in [0.05, 0.1) is 22.8 Å². The number of nitro groups is 1. The van der Waals surface area contributed by atoms with Gasteiger partial charge in [-0.25, -0.2) is 9.48 Å². The van der Waals surface area contributed by atoms with E-state index in [0.717, 1.165) is 16.8 Å². The predicted octanol–water partition coefficient (Wildman–Crippen LogP) is 4.14. The van der Waals surface area contributed by atoms with Gasteiger partial charge in [0.2, 0.25) is 0 Å². The third kappa shape index (κ3) is 4.25. The largest absolute Gasteiger partial charge is 0.444 e. The van der Waals surface area contributed by atoms with Crippen molar-refractivity contribution in [1.82, 2.24) is 19.9 Å². The van der Waals surface area contributed by atoms with Gasteiger partial charge < -0.3 is 9.64 Å². The maximum absolute atomic E-state index is 12.8. The highest BCUT2D eigenvalue weighted by Crippen LogP contribution is 2.32. The fourth-order valence-corrected chi connectivity index (χ4v) is 3.55. The summed E-state index contributed by atoms with van der Waals surface area (Å²) in [7, 11) is 0. The molecule has 0 aliphatic carbocycles. The standard InChI is InChI=1S/C22H23N5O4/c1-22(2,3)31-21(28)25-13-12-15-6-4-5-7-18(15)20-19(14-25)23-24-26(20)16-8-10-17(11-9-16)27(29)30/h4-11H,12-14H2,1-3H3. The van der Waals surface area contributed by atoms with Gasteiger partial charge in [0.1, 0.15) is 11.3 Å². The third-order valence-electron chi connectivity index (χ3n) is 4.96. The molecule has 4 rings (SSSR count). The van der Waals surface area contributed by atoms with Crippen LogP contribution in [0.3, 0.4) is 0 Å². The Balaban J connectivity index is 1.78. The van der Waals surface area contributed by atoms with E-state index in [1.165, 1.54) is 12.1 Å². The molecule has 0 radical (unpaired) electrons. The lowest BCUT2D eigenvalue weighted by Crippen LogP contribution is -2.38. The summed E-state index contributed by atoms with van der Waals surface area (Å²) in [5.74, 6) is 0. The highest BCUT2D eigenvalue weighted by atomic mass is 16.6. The Labute approximate surface area is 179 Å². The lowest BCUT2D eigenvalue weighted by Gasteiger charge is -2.28. The van der Waals surface area contributed by atoms with E-state index in [1.54, 1.807) is 21.7 Å². The minimum atomic E-state index is -0.601. The Morgan fingerprint density at radius 2 is 1.84 bits per heavy atom. The Hall–Kier alpha value is -3.75. The van der Waals surface area contributed by atoms with Crippen LogP contribution in [0.15, 0.2) is 48.5 Å². The molecule has 2 aromatic carbocycles. The summed E-state index contributed by atoms with van der Waals surface area (Å²) in [6, 6.07) is 14.1. The number of benzene rings is 2. The molecule has 0 spiro atoms. The number of carbonyl (C=O) groups excluding carboxylic acids is 1. The van der Waals surface area contributed by atoms with Crippen molar-refractivity contribution in [3.63, 3.8) is 0 Å². The van der Waals surface area contributed by atoms with Crippen molar-refractivity contribution in [2.45, 2.75) is 39.3 Å². The van der Waals surface area contributed by atoms with Crippen molar-refractivity contribution in [2.24, 2.45) is 0 Å². The number of hydrogen-bond acceptors (Lipinski definition) is 6. The molecule has 160 valence electrons. The average molecular weight is 421 g/mol. The fraction of sp³-hybridized carbons (Fsp3) is 0.318. The molecule has 31 heavy (non-hydrogen) atoms. The van der Waals surface area contributed by atoms with Crippen LogP contribution in [0, 0.1) is 10.1 Å². The van der Waals surface area contributed by atoms with E-state index in [-0.39, 0.29) is 12.2 Å². The van der Waals surface area contributed by atoms with Gasteiger partial charge in [-0.05, 0) is 44.9 Å². The van der Waals surface area contributed by atoms with E-state index in [9.17, 15) is 14.9 Å². The second-order valence-electron chi connectivity index (χ2n) is 8.38. The molecule has 0 N–H and O–H groups in total. The SMILES string of the molecule is CC(C)(C)OC(=O)N1CCc2ccccc2-c2c(nnn2-c2ccc([N+](=O)[O-])cc2)C1. The van der Waals surface area contributed by atoms with Gasteiger partial charge in [0.15, 0.2) is 0 Å². The van der Waals surface area contributed by atoms with Crippen molar-refractivity contribution in [2.75, 3.05) is 6.54 Å². The van der Waals surface area contributed by atoms with Crippen LogP contribution in [0.2, 0.25) is 0 Å². The Morgan fingerprint density at radius 3 is 2.52 bits per heavy atom. The van der Waals surface area contributed by atoms with Gasteiger partial charge in [-0.1, -0.05) is 29.5 Å². The third-order valence-corrected chi connectivity index (χ3v) is 4.96. The molecule has 1 aliphatic rings. The monoisotopic (exact) mass is 421 g/mol. The average Bonchev–Trinajstić information content (AvgIpc) is 3.11. The van der Waals surface area contributed by atoms with Crippen LogP contribution in [0.4, 0.5) is 10.5 Å². The molecule has 0 atom stereocenters. The highest BCUT2D eigenvalue weighted by molar-refractivity contribution is 5.72. The van der Waals surface area contributed by atoms with Crippen LogP contribution < -0.4 is 0 Å². The van der Waals surface area contributed by atoms with E-state index in [1.807, 2.05) is 45.0 Å². The molecule has 3 aromatic rings. The summed E-state index contributed by atoms with van der Waals surface area (Å²) in [6.45, 7) is 6.25. The molecule has 1 aliphatic heterocycles. The van der Waals surface area contributed by atoms with Crippen molar-refractivity contribution in [3.05, 3.63) is 69.9 Å². The number of carbonyl (C=O) groups is 1. The second kappa shape index (κ2) is 7.82. The molecule has 9 heteroatoms. The summed E-state index contributed by atoms with van der Waals surface area (Å²) in [5.41, 5.74) is 3.49. The lowest BCUT2D eigenvalue weighted by atomic mass is 9.98. The number of ether oxygens (including phenoxy) is 1. The molecular weight excluding hydrogens is 398 g/mol. The van der Waals surface area contributed by atoms with Gasteiger partial charge in [0, 0.05) is 24.2 Å². The summed E-state index contributed by atoms with van der Waals surface area (Å²) in [6.07, 6.45) is 0.253. The molecule has 0 fully saturated rings. The van der Waals surface area contributed by atoms with Gasteiger partial charge in [-0.2, -0.15) is 0 Å². The van der Waals surface area contributed by atoms with Crippen molar-refractivity contribution in [3.8, 4) is 16.9 Å². The first kappa shape index (κ1) is 20.5. The molecule has 0 saturated carbocycles. The number of fused-ring (bicyclic) bond motifs is 3. The van der Waals surface area contributed by atoms with Crippen LogP contribution in [-0.4, -0.2) is 43.1 Å². The highest BCUT2D eigenvalue weighted by Gasteiger charge is 2.28. The van der Waals surface area contributed by atoms with Crippen LogP contribution in [0.25, 0.3) is 16.9 Å². The van der Waals surface area contributed by atoms with E-state index >= 15 is 0 Å². The molecule has 0 unspecified atom stereocenters. The van der Waals surface area contributed by atoms with E-state index in [4.69, 9.17) is 4.74 Å². The summed E-state index contributed by atoms with van der Waals surface area (Å²) in [5, 5.41) is 19.7. The first-order valence-corrected chi connectivity index (χ1v) is 9.98. The molecule has 9 nitrogen and oxygen atoms in total. The zero-order valence-electron chi connectivity index (χ0n) is 17.6. The number of nitro benzene ring substituents is 1. The number of amides is 1. The number of nitrogens with zero attached hydrogens (tertiary/aromatic N) is 5. The minimum absolute atomic E-state index is 0.00301. The predicted molar refractivity (Wildman–Crippen MR) is 114 cm³/mol. The Kier molecular flexibility index (Phi) is 5.18. The van der Waals surface area contributed by atoms with Crippen molar-refractivity contribution in [1.29, 1.82) is 0 Å². The molecule has 1 amide bonds. The molecule has 2 heterocycles. The van der Waals surface area contributed by atoms with Gasteiger partial charge in [-0.3, -0.25) is 10.1 Å². The van der Waals surface area contributed by atoms with Gasteiger partial charge >= 0.3 is 6.09 Å². The number of hydrogen-bond donors (Lipinski definition) is 0. The number of non-ortho nitro benzene ring substituents is 1. The summed E-state index contributed by atoms with van der Waals surface area (Å²) in [4.78, 5) is 25.0. The topological polar surface area (TPSA) is 103 Å². The normalized spacial score (nSPS) is 13.6. The summed E-state index contributed by atoms with van der Waals surface area (Å²) < 4.78 is 7.23. The number of aromatic nitrogens is 3. The van der Waals surface area contributed by atoms with Crippen LogP contribution in [0.1, 0.15) is 32.0 Å². The molecule has 0 saturated heterocycles. The Morgan fingerprint density at radius 1 is 1.13 bits per heavy atom. The van der Waals surface area contributed by atoms with Crippen molar-refractivity contribution < 1.29 is 14.5 Å². The van der Waals surface area contributed by atoms with E-state index < -0.39 is 16.6 Å². The molecule has 0 bridgehead atoms. The number of rotatable bonds is 2. The van der Waals surface area contributed by atoms with Gasteiger partial charge in [0.25, 0.3) is 5.69 Å². The quantitative estimate of drug-likeness (QED) is 0.455. The summed E-state index contributed by atoms with van der Waals surface area (Å²) >= 11 is 0. The second-order valence-corrected chi connectivity index (χ2v) is 8.38. The molecule has 1 aromatic heterocycles. The van der Waals surface area contributed by atoms with Crippen LogP contribution in [-0.2, 0) is 17.7 Å². The van der Waals surface area contributed by atoms with Crippen molar-refractivity contribution >= 4 is 11.8 Å². The van der Waals surface area contributed by atoms with E-state index in [0.29, 0.717) is 24.3 Å². The maximum Gasteiger partial charge on any atom is 0.410 e. The van der Waals surface area contributed by atoms with E-state index in [2.05, 4.69) is 10.3 Å². The van der Waals surface area contributed by atoms with Gasteiger partial charge in [-0.15, -0.1) is 5.10 Å². The zero-order valence-corrected chi connectivity index (χ0v) is 17.6. The zero-order chi connectivity index (χ0) is 22.2. The fourth-order valence-electron chi connectivity index (χ4n) is 3.55. The van der Waals surface area contributed by atoms with Crippen LogP contribution in [0.5, 0.6) is 0 Å².